The predicted octanol–water partition coefficient (Wildman–Crippen LogP) is 3.56. The zero-order valence-corrected chi connectivity index (χ0v) is 15.8. The summed E-state index contributed by atoms with van der Waals surface area (Å²) < 4.78 is 45.9. The molecule has 0 saturated carbocycles. The lowest BCUT2D eigenvalue weighted by molar-refractivity contribution is -0.142. The summed E-state index contributed by atoms with van der Waals surface area (Å²) in [7, 11) is 1.58. The van der Waals surface area contributed by atoms with Crippen LogP contribution in [0.5, 0.6) is 0 Å². The van der Waals surface area contributed by atoms with Crippen molar-refractivity contribution in [3.8, 4) is 0 Å². The average molecular weight is 393 g/mol. The molecule has 0 fully saturated rings. The van der Waals surface area contributed by atoms with E-state index in [2.05, 4.69) is 26.0 Å². The van der Waals surface area contributed by atoms with Crippen LogP contribution in [-0.4, -0.2) is 29.6 Å². The largest absolute Gasteiger partial charge is 0.499 e. The highest BCUT2D eigenvalue weighted by molar-refractivity contribution is 5.74. The van der Waals surface area contributed by atoms with E-state index in [1.165, 1.54) is 6.20 Å². The molecule has 3 aliphatic rings. The highest BCUT2D eigenvalue weighted by atomic mass is 19.4. The molecule has 0 bridgehead atoms. The maximum absolute atomic E-state index is 13.5. The van der Waals surface area contributed by atoms with E-state index in [1.54, 1.807) is 7.11 Å². The molecule has 0 amide bonds. The first-order valence-corrected chi connectivity index (χ1v) is 9.22. The first-order valence-electron chi connectivity index (χ1n) is 9.22. The van der Waals surface area contributed by atoms with Gasteiger partial charge in [-0.1, -0.05) is 13.3 Å². The Morgan fingerprint density at radius 2 is 2.07 bits per heavy atom. The first kappa shape index (κ1) is 18.6. The topological polar surface area (TPSA) is 74.3 Å². The summed E-state index contributed by atoms with van der Waals surface area (Å²) in [5.74, 6) is 0.671. The second-order valence-corrected chi connectivity index (χ2v) is 7.15. The van der Waals surface area contributed by atoms with Gasteiger partial charge in [0.25, 0.3) is 0 Å². The second-order valence-electron chi connectivity index (χ2n) is 7.15. The molecular weight excluding hydrogens is 371 g/mol. The number of allylic oxidation sites excluding steroid dienone is 2. The third-order valence-electron chi connectivity index (χ3n) is 5.56. The average Bonchev–Trinajstić information content (AvgIpc) is 3.31. The first-order chi connectivity index (χ1) is 13.4. The van der Waals surface area contributed by atoms with Crippen LogP contribution in [0.4, 0.5) is 13.2 Å². The van der Waals surface area contributed by atoms with E-state index in [-0.39, 0.29) is 17.5 Å². The number of hydrogen-bond donors (Lipinski definition) is 3. The molecule has 1 aromatic heterocycles. The number of halogens is 3. The Balaban J connectivity index is 1.84. The Labute approximate surface area is 160 Å². The Morgan fingerprint density at radius 3 is 2.75 bits per heavy atom. The number of ether oxygens (including phenoxy) is 1. The van der Waals surface area contributed by atoms with E-state index in [9.17, 15) is 13.2 Å². The maximum atomic E-state index is 13.5. The zero-order chi connectivity index (χ0) is 20.1. The van der Waals surface area contributed by atoms with Crippen molar-refractivity contribution in [1.29, 1.82) is 0 Å². The van der Waals surface area contributed by atoms with Crippen molar-refractivity contribution in [2.75, 3.05) is 7.11 Å². The van der Waals surface area contributed by atoms with Crippen LogP contribution in [0.2, 0.25) is 0 Å². The summed E-state index contributed by atoms with van der Waals surface area (Å²) in [5.41, 5.74) is 6.05. The van der Waals surface area contributed by atoms with Crippen LogP contribution >= 0.6 is 0 Å². The molecular formula is C19H22F3N5O. The van der Waals surface area contributed by atoms with Gasteiger partial charge < -0.3 is 10.1 Å². The lowest BCUT2D eigenvalue weighted by atomic mass is 9.76. The Hall–Kier alpha value is -2.71. The van der Waals surface area contributed by atoms with Gasteiger partial charge in [0.05, 0.1) is 19.1 Å². The highest BCUT2D eigenvalue weighted by Gasteiger charge is 2.43. The van der Waals surface area contributed by atoms with Gasteiger partial charge in [-0.2, -0.15) is 23.4 Å². The molecule has 150 valence electrons. The van der Waals surface area contributed by atoms with Gasteiger partial charge >= 0.3 is 6.18 Å². The monoisotopic (exact) mass is 393 g/mol. The van der Waals surface area contributed by atoms with Crippen LogP contribution in [0, 0.1) is 5.92 Å². The molecule has 3 atom stereocenters. The molecule has 0 radical (unpaired) electrons. The van der Waals surface area contributed by atoms with Crippen molar-refractivity contribution >= 4 is 6.21 Å². The van der Waals surface area contributed by atoms with E-state index < -0.39 is 17.9 Å². The van der Waals surface area contributed by atoms with E-state index in [0.717, 1.165) is 28.8 Å². The molecule has 3 N–H and O–H groups in total. The number of nitrogens with one attached hydrogen (secondary N) is 3. The SMILES string of the molecule is CCCC1=C(C)C2=C(C=C(OC)C3NN=CC23)NC1c1c[nH]nc1C(F)(F)F. The molecule has 1 aromatic rings. The van der Waals surface area contributed by atoms with Crippen molar-refractivity contribution in [2.24, 2.45) is 11.0 Å². The quantitative estimate of drug-likeness (QED) is 0.731. The number of H-pyrrole nitrogens is 1. The summed E-state index contributed by atoms with van der Waals surface area (Å²) in [6.07, 6.45) is 2.01. The minimum atomic E-state index is -4.52. The van der Waals surface area contributed by atoms with Crippen LogP contribution in [0.15, 0.2) is 45.5 Å². The van der Waals surface area contributed by atoms with E-state index in [4.69, 9.17) is 4.74 Å². The third-order valence-corrected chi connectivity index (χ3v) is 5.56. The molecule has 3 heterocycles. The molecule has 6 nitrogen and oxygen atoms in total. The molecule has 2 aliphatic heterocycles. The van der Waals surface area contributed by atoms with E-state index in [1.807, 2.05) is 26.1 Å². The number of alkyl halides is 3. The molecule has 0 spiro atoms. The standard InChI is InChI=1S/C19H22F3N5O/c1-4-5-10-9(2)15-11-7-23-26-17(11)14(28-3)6-13(15)25-16(10)12-8-24-27-18(12)19(20,21)22/h6-8,11,16-17,25-26H,4-5H2,1-3H3,(H,24,27). The maximum Gasteiger partial charge on any atom is 0.435 e. The second kappa shape index (κ2) is 6.72. The summed E-state index contributed by atoms with van der Waals surface area (Å²) in [6, 6.07) is -0.703. The van der Waals surface area contributed by atoms with Crippen molar-refractivity contribution in [1.82, 2.24) is 20.9 Å². The van der Waals surface area contributed by atoms with E-state index in [0.29, 0.717) is 12.2 Å². The number of aromatic nitrogens is 2. The van der Waals surface area contributed by atoms with Crippen LogP contribution in [0.25, 0.3) is 0 Å². The fraction of sp³-hybridized carbons (Fsp3) is 0.474. The van der Waals surface area contributed by atoms with Gasteiger partial charge in [-0.25, -0.2) is 0 Å². The van der Waals surface area contributed by atoms with Crippen LogP contribution in [0.3, 0.4) is 0 Å². The van der Waals surface area contributed by atoms with Gasteiger partial charge in [0, 0.05) is 29.7 Å². The van der Waals surface area contributed by atoms with Gasteiger partial charge in [0.2, 0.25) is 0 Å². The van der Waals surface area contributed by atoms with Gasteiger partial charge in [0.1, 0.15) is 11.8 Å². The number of aromatic amines is 1. The number of methoxy groups -OCH3 is 1. The Kier molecular flexibility index (Phi) is 4.47. The van der Waals surface area contributed by atoms with Gasteiger partial charge in [-0.15, -0.1) is 0 Å². The third kappa shape index (κ3) is 2.80. The van der Waals surface area contributed by atoms with Crippen molar-refractivity contribution in [3.63, 3.8) is 0 Å². The zero-order valence-electron chi connectivity index (χ0n) is 15.8. The summed E-state index contributed by atoms with van der Waals surface area (Å²) in [6.45, 7) is 4.00. The number of hydrogen-bond acceptors (Lipinski definition) is 5. The van der Waals surface area contributed by atoms with Gasteiger partial charge in [-0.05, 0) is 30.1 Å². The number of nitrogens with zero attached hydrogens (tertiary/aromatic N) is 2. The van der Waals surface area contributed by atoms with Gasteiger partial charge in [-0.3, -0.25) is 10.5 Å². The number of dihydropyridines is 1. The number of rotatable bonds is 4. The summed E-state index contributed by atoms with van der Waals surface area (Å²) in [5, 5.41) is 13.4. The van der Waals surface area contributed by atoms with Crippen LogP contribution in [0.1, 0.15) is 44.0 Å². The van der Waals surface area contributed by atoms with Crippen molar-refractivity contribution in [3.05, 3.63) is 51.7 Å². The Morgan fingerprint density at radius 1 is 1.29 bits per heavy atom. The van der Waals surface area contributed by atoms with Crippen LogP contribution < -0.4 is 10.7 Å². The molecule has 0 aromatic carbocycles. The normalized spacial score (nSPS) is 26.5. The number of hydrazone groups is 1. The molecule has 4 rings (SSSR count). The summed E-state index contributed by atoms with van der Waals surface area (Å²) in [4.78, 5) is 0. The molecule has 3 unspecified atom stereocenters. The smallest absolute Gasteiger partial charge is 0.435 e. The highest BCUT2D eigenvalue weighted by Crippen LogP contribution is 2.45. The van der Waals surface area contributed by atoms with Crippen molar-refractivity contribution < 1.29 is 17.9 Å². The lowest BCUT2D eigenvalue weighted by Crippen LogP contribution is -2.40. The number of fused-ring (bicyclic) bond motifs is 2. The predicted molar refractivity (Wildman–Crippen MR) is 98.1 cm³/mol. The van der Waals surface area contributed by atoms with Crippen LogP contribution in [-0.2, 0) is 10.9 Å². The fourth-order valence-corrected chi connectivity index (χ4v) is 4.34. The minimum absolute atomic E-state index is 0.0262. The fourth-order valence-electron chi connectivity index (χ4n) is 4.34. The molecule has 0 saturated heterocycles. The molecule has 1 aliphatic carbocycles. The van der Waals surface area contributed by atoms with E-state index >= 15 is 0 Å². The minimum Gasteiger partial charge on any atom is -0.499 e. The lowest BCUT2D eigenvalue weighted by Gasteiger charge is -2.38. The summed E-state index contributed by atoms with van der Waals surface area (Å²) >= 11 is 0. The molecule has 9 heteroatoms. The Bertz CT molecular complexity index is 909. The molecule has 28 heavy (non-hydrogen) atoms. The van der Waals surface area contributed by atoms with Crippen molar-refractivity contribution in [2.45, 2.75) is 44.9 Å². The van der Waals surface area contributed by atoms with Gasteiger partial charge in [0.15, 0.2) is 5.69 Å².